The van der Waals surface area contributed by atoms with E-state index in [9.17, 15) is 18.0 Å². The second-order valence-electron chi connectivity index (χ2n) is 5.38. The van der Waals surface area contributed by atoms with E-state index in [4.69, 9.17) is 11.6 Å². The molecule has 1 amide bonds. The lowest BCUT2D eigenvalue weighted by atomic mass is 10.1. The van der Waals surface area contributed by atoms with Crippen LogP contribution in [0.3, 0.4) is 0 Å². The van der Waals surface area contributed by atoms with Gasteiger partial charge in [0.05, 0.1) is 6.42 Å². The van der Waals surface area contributed by atoms with Gasteiger partial charge in [-0.2, -0.15) is 13.2 Å². The molecule has 130 valence electrons. The molecule has 0 aliphatic heterocycles. The molecule has 0 radical (unpaired) electrons. The van der Waals surface area contributed by atoms with Gasteiger partial charge in [-0.1, -0.05) is 19.3 Å². The number of amides is 1. The van der Waals surface area contributed by atoms with Crippen LogP contribution < -0.4 is 5.32 Å². The number of hydrogen-bond donors (Lipinski definition) is 1. The van der Waals surface area contributed by atoms with Crippen molar-refractivity contribution in [1.82, 2.24) is 5.32 Å². The Labute approximate surface area is 153 Å². The van der Waals surface area contributed by atoms with E-state index in [0.717, 1.165) is 22.8 Å². The molecule has 1 unspecified atom stereocenters. The second kappa shape index (κ2) is 10.4. The molecule has 0 saturated carbocycles. The largest absolute Gasteiger partial charge is 0.390 e. The topological polar surface area (TPSA) is 29.1 Å². The Hall–Kier alpha value is -0.500. The molecule has 0 bridgehead atoms. The van der Waals surface area contributed by atoms with Crippen LogP contribution in [-0.4, -0.2) is 24.0 Å². The van der Waals surface area contributed by atoms with Crippen molar-refractivity contribution in [1.29, 1.82) is 0 Å². The van der Waals surface area contributed by atoms with Crippen molar-refractivity contribution in [3.8, 4) is 0 Å². The van der Waals surface area contributed by atoms with Crippen LogP contribution in [-0.2, 0) is 0 Å². The standard InChI is InChI=1S/C16H20ClF3INO/c17-13(11-16(18,19)20)5-3-1-2-4-10-22-15(23)12-6-8-14(21)9-7-12/h6-9,13H,1-5,10-11H2,(H,22,23). The first-order valence-corrected chi connectivity index (χ1v) is 9.04. The van der Waals surface area contributed by atoms with E-state index in [1.54, 1.807) is 12.1 Å². The number of halogens is 5. The number of carbonyl (C=O) groups is 1. The Kier molecular flexibility index (Phi) is 9.27. The van der Waals surface area contributed by atoms with Gasteiger partial charge >= 0.3 is 6.18 Å². The number of carbonyl (C=O) groups excluding carboxylic acids is 1. The minimum Gasteiger partial charge on any atom is -0.352 e. The molecule has 0 spiro atoms. The van der Waals surface area contributed by atoms with Gasteiger partial charge in [0.2, 0.25) is 0 Å². The van der Waals surface area contributed by atoms with Gasteiger partial charge in [0.25, 0.3) is 5.91 Å². The number of unbranched alkanes of at least 4 members (excludes halogenated alkanes) is 3. The van der Waals surface area contributed by atoms with Crippen molar-refractivity contribution < 1.29 is 18.0 Å². The average Bonchev–Trinajstić information content (AvgIpc) is 2.45. The minimum atomic E-state index is -4.19. The fraction of sp³-hybridized carbons (Fsp3) is 0.562. The van der Waals surface area contributed by atoms with Crippen LogP contribution in [0.25, 0.3) is 0 Å². The van der Waals surface area contributed by atoms with Crippen molar-refractivity contribution in [3.63, 3.8) is 0 Å². The van der Waals surface area contributed by atoms with Crippen LogP contribution in [0, 0.1) is 3.57 Å². The van der Waals surface area contributed by atoms with Crippen molar-refractivity contribution in [2.24, 2.45) is 0 Å². The Morgan fingerprint density at radius 3 is 2.35 bits per heavy atom. The SMILES string of the molecule is O=C(NCCCCCCC(Cl)CC(F)(F)F)c1ccc(I)cc1. The molecular formula is C16H20ClF3INO. The Morgan fingerprint density at radius 1 is 1.13 bits per heavy atom. The predicted molar refractivity (Wildman–Crippen MR) is 94.9 cm³/mol. The second-order valence-corrected chi connectivity index (χ2v) is 7.25. The molecule has 1 aromatic rings. The lowest BCUT2D eigenvalue weighted by molar-refractivity contribution is -0.134. The van der Waals surface area contributed by atoms with Crippen molar-refractivity contribution >= 4 is 40.1 Å². The normalized spacial score (nSPS) is 12.9. The summed E-state index contributed by atoms with van der Waals surface area (Å²) >= 11 is 7.82. The van der Waals surface area contributed by atoms with Crippen molar-refractivity contribution in [3.05, 3.63) is 33.4 Å². The fourth-order valence-corrected chi connectivity index (χ4v) is 2.79. The molecule has 1 rings (SSSR count). The number of nitrogens with one attached hydrogen (secondary N) is 1. The van der Waals surface area contributed by atoms with Gasteiger partial charge in [-0.25, -0.2) is 0 Å². The van der Waals surface area contributed by atoms with Gasteiger partial charge < -0.3 is 5.32 Å². The average molecular weight is 462 g/mol. The molecule has 1 aromatic carbocycles. The van der Waals surface area contributed by atoms with E-state index in [2.05, 4.69) is 27.9 Å². The van der Waals surface area contributed by atoms with E-state index in [-0.39, 0.29) is 5.91 Å². The first kappa shape index (κ1) is 20.5. The number of rotatable bonds is 9. The summed E-state index contributed by atoms with van der Waals surface area (Å²) in [7, 11) is 0. The van der Waals surface area contributed by atoms with E-state index in [1.165, 1.54) is 0 Å². The van der Waals surface area contributed by atoms with E-state index in [1.807, 2.05) is 12.1 Å². The van der Waals surface area contributed by atoms with Crippen LogP contribution in [0.15, 0.2) is 24.3 Å². The lowest BCUT2D eigenvalue weighted by Crippen LogP contribution is -2.24. The van der Waals surface area contributed by atoms with Gasteiger partial charge in [-0.05, 0) is 59.7 Å². The van der Waals surface area contributed by atoms with Crippen molar-refractivity contribution in [2.45, 2.75) is 50.1 Å². The van der Waals surface area contributed by atoms with Gasteiger partial charge in [0.15, 0.2) is 0 Å². The third-order valence-electron chi connectivity index (χ3n) is 3.29. The Bertz CT molecular complexity index is 479. The van der Waals surface area contributed by atoms with Crippen LogP contribution in [0.5, 0.6) is 0 Å². The molecule has 0 aliphatic rings. The molecule has 7 heteroatoms. The minimum absolute atomic E-state index is 0.104. The van der Waals surface area contributed by atoms with Crippen LogP contribution >= 0.6 is 34.2 Å². The highest BCUT2D eigenvalue weighted by Crippen LogP contribution is 2.26. The van der Waals surface area contributed by atoms with Gasteiger partial charge in [0.1, 0.15) is 0 Å². The van der Waals surface area contributed by atoms with Crippen LogP contribution in [0.1, 0.15) is 48.9 Å². The van der Waals surface area contributed by atoms with E-state index >= 15 is 0 Å². The maximum atomic E-state index is 12.1. The zero-order valence-corrected chi connectivity index (χ0v) is 15.5. The smallest absolute Gasteiger partial charge is 0.352 e. The van der Waals surface area contributed by atoms with Crippen LogP contribution in [0.4, 0.5) is 13.2 Å². The zero-order valence-electron chi connectivity index (χ0n) is 12.6. The highest BCUT2D eigenvalue weighted by molar-refractivity contribution is 14.1. The molecule has 0 aromatic heterocycles. The molecule has 0 saturated heterocycles. The summed E-state index contributed by atoms with van der Waals surface area (Å²) in [5.74, 6) is -0.104. The fourth-order valence-electron chi connectivity index (χ4n) is 2.10. The number of hydrogen-bond acceptors (Lipinski definition) is 1. The van der Waals surface area contributed by atoms with E-state index in [0.29, 0.717) is 24.9 Å². The third-order valence-corrected chi connectivity index (χ3v) is 4.38. The van der Waals surface area contributed by atoms with Crippen LogP contribution in [0.2, 0.25) is 0 Å². The van der Waals surface area contributed by atoms with E-state index < -0.39 is 18.0 Å². The summed E-state index contributed by atoms with van der Waals surface area (Å²) in [6.45, 7) is 0.567. The highest BCUT2D eigenvalue weighted by Gasteiger charge is 2.30. The first-order valence-electron chi connectivity index (χ1n) is 7.52. The zero-order chi connectivity index (χ0) is 17.3. The quantitative estimate of drug-likeness (QED) is 0.292. The molecule has 0 fully saturated rings. The van der Waals surface area contributed by atoms with Gasteiger partial charge in [0, 0.05) is 21.1 Å². The molecule has 1 atom stereocenters. The monoisotopic (exact) mass is 461 g/mol. The summed E-state index contributed by atoms with van der Waals surface area (Å²) in [5.41, 5.74) is 0.627. The van der Waals surface area contributed by atoms with Gasteiger partial charge in [-0.3, -0.25) is 4.79 Å². The lowest BCUT2D eigenvalue weighted by Gasteiger charge is -2.11. The summed E-state index contributed by atoms with van der Waals surface area (Å²) < 4.78 is 37.4. The molecular weight excluding hydrogens is 442 g/mol. The Morgan fingerprint density at radius 2 is 1.74 bits per heavy atom. The number of alkyl halides is 4. The molecule has 0 heterocycles. The van der Waals surface area contributed by atoms with Crippen molar-refractivity contribution in [2.75, 3.05) is 6.54 Å². The molecule has 0 aliphatic carbocycles. The highest BCUT2D eigenvalue weighted by atomic mass is 127. The number of benzene rings is 1. The maximum absolute atomic E-state index is 12.1. The third kappa shape index (κ3) is 10.1. The Balaban J connectivity index is 2.05. The maximum Gasteiger partial charge on any atom is 0.390 e. The summed E-state index contributed by atoms with van der Waals surface area (Å²) in [5, 5.41) is 2.00. The molecule has 1 N–H and O–H groups in total. The summed E-state index contributed by atoms with van der Waals surface area (Å²) in [6, 6.07) is 7.30. The molecule has 23 heavy (non-hydrogen) atoms. The van der Waals surface area contributed by atoms with Gasteiger partial charge in [-0.15, -0.1) is 11.6 Å². The predicted octanol–water partition coefficient (Wildman–Crippen LogP) is 5.53. The summed E-state index contributed by atoms with van der Waals surface area (Å²) in [4.78, 5) is 11.8. The molecule has 2 nitrogen and oxygen atoms in total. The first-order chi connectivity index (χ1) is 10.8. The summed E-state index contributed by atoms with van der Waals surface area (Å²) in [6.07, 6.45) is -1.58.